The maximum absolute atomic E-state index is 11.7. The Hall–Kier alpha value is -2.86. The number of carbonyl (C=O) groups is 1. The van der Waals surface area contributed by atoms with Crippen LogP contribution in [0.5, 0.6) is 0 Å². The maximum atomic E-state index is 11.7. The minimum atomic E-state index is -0.559. The first kappa shape index (κ1) is 16.0. The predicted molar refractivity (Wildman–Crippen MR) is 88.2 cm³/mol. The average Bonchev–Trinajstić information content (AvgIpc) is 3.08. The molecule has 0 saturated heterocycles. The number of hydrogen-bond donors (Lipinski definition) is 1. The molecule has 0 aliphatic heterocycles. The fourth-order valence-corrected chi connectivity index (χ4v) is 2.22. The summed E-state index contributed by atoms with van der Waals surface area (Å²) in [5, 5.41) is 6.94. The normalized spacial score (nSPS) is 10.4. The molecule has 0 aliphatic carbocycles. The molecule has 1 aromatic heterocycles. The first-order valence-corrected chi connectivity index (χ1v) is 7.62. The molecule has 0 radical (unpaired) electrons. The van der Waals surface area contributed by atoms with Gasteiger partial charge in [0.25, 0.3) is 0 Å². The van der Waals surface area contributed by atoms with Crippen molar-refractivity contribution in [1.82, 2.24) is 15.5 Å². The second-order valence-corrected chi connectivity index (χ2v) is 5.31. The highest BCUT2D eigenvalue weighted by molar-refractivity contribution is 6.33. The van der Waals surface area contributed by atoms with Crippen molar-refractivity contribution in [3.63, 3.8) is 0 Å². The van der Waals surface area contributed by atoms with E-state index in [9.17, 15) is 4.79 Å². The van der Waals surface area contributed by atoms with Crippen molar-refractivity contribution in [3.05, 3.63) is 71.1 Å². The molecule has 0 fully saturated rings. The minimum absolute atomic E-state index is 0.0745. The van der Waals surface area contributed by atoms with E-state index in [1.807, 2.05) is 42.5 Å². The van der Waals surface area contributed by atoms with Gasteiger partial charge in [0.2, 0.25) is 11.7 Å². The minimum Gasteiger partial charge on any atom is -0.445 e. The van der Waals surface area contributed by atoms with Gasteiger partial charge in [-0.3, -0.25) is 0 Å². The summed E-state index contributed by atoms with van der Waals surface area (Å²) in [5.74, 6) is 0.636. The SMILES string of the molecule is O=C(NCc1nc(-c2ccccc2Cl)no1)OCc1ccccc1. The number of nitrogens with zero attached hydrogens (tertiary/aromatic N) is 2. The zero-order valence-corrected chi connectivity index (χ0v) is 13.4. The number of alkyl carbamates (subject to hydrolysis) is 1. The summed E-state index contributed by atoms with van der Waals surface area (Å²) in [7, 11) is 0. The van der Waals surface area contributed by atoms with Gasteiger partial charge in [-0.2, -0.15) is 4.98 Å². The molecule has 3 aromatic rings. The molecule has 1 amide bonds. The third kappa shape index (κ3) is 4.11. The zero-order chi connectivity index (χ0) is 16.8. The van der Waals surface area contributed by atoms with Gasteiger partial charge in [0.1, 0.15) is 13.2 Å². The highest BCUT2D eigenvalue weighted by Crippen LogP contribution is 2.24. The summed E-state index contributed by atoms with van der Waals surface area (Å²) in [5.41, 5.74) is 1.58. The number of hydrogen-bond acceptors (Lipinski definition) is 5. The number of nitrogens with one attached hydrogen (secondary N) is 1. The van der Waals surface area contributed by atoms with Crippen LogP contribution in [-0.2, 0) is 17.9 Å². The van der Waals surface area contributed by atoms with Gasteiger partial charge >= 0.3 is 6.09 Å². The van der Waals surface area contributed by atoms with Gasteiger partial charge in [0.05, 0.1) is 5.02 Å². The summed E-state index contributed by atoms with van der Waals surface area (Å²) in [6.07, 6.45) is -0.559. The number of halogens is 1. The Balaban J connectivity index is 1.52. The van der Waals surface area contributed by atoms with Crippen LogP contribution in [0.2, 0.25) is 5.02 Å². The van der Waals surface area contributed by atoms with Crippen LogP contribution >= 0.6 is 11.6 Å². The molecule has 122 valence electrons. The number of aromatic nitrogens is 2. The Bertz CT molecular complexity index is 821. The van der Waals surface area contributed by atoms with Gasteiger partial charge in [-0.1, -0.05) is 59.2 Å². The number of rotatable bonds is 5. The standard InChI is InChI=1S/C17H14ClN3O3/c18-14-9-5-4-8-13(14)16-20-15(24-21-16)10-19-17(22)23-11-12-6-2-1-3-7-12/h1-9H,10-11H2,(H,19,22). The van der Waals surface area contributed by atoms with Gasteiger partial charge in [-0.25, -0.2) is 4.79 Å². The van der Waals surface area contributed by atoms with Crippen LogP contribution in [0.25, 0.3) is 11.4 Å². The molecule has 0 aliphatic rings. The van der Waals surface area contributed by atoms with Crippen LogP contribution in [0.15, 0.2) is 59.1 Å². The summed E-state index contributed by atoms with van der Waals surface area (Å²) in [6.45, 7) is 0.270. The van der Waals surface area contributed by atoms with Gasteiger partial charge in [-0.15, -0.1) is 0 Å². The molecule has 24 heavy (non-hydrogen) atoms. The number of amides is 1. The van der Waals surface area contributed by atoms with E-state index in [1.54, 1.807) is 12.1 Å². The van der Waals surface area contributed by atoms with E-state index < -0.39 is 6.09 Å². The van der Waals surface area contributed by atoms with E-state index in [2.05, 4.69) is 15.5 Å². The van der Waals surface area contributed by atoms with Crippen LogP contribution in [-0.4, -0.2) is 16.2 Å². The van der Waals surface area contributed by atoms with Crippen molar-refractivity contribution in [2.45, 2.75) is 13.2 Å². The Labute approximate surface area is 143 Å². The van der Waals surface area contributed by atoms with E-state index in [4.69, 9.17) is 20.9 Å². The summed E-state index contributed by atoms with van der Waals surface area (Å²) in [6, 6.07) is 16.6. The molecule has 2 aromatic carbocycles. The molecule has 0 unspecified atom stereocenters. The molecule has 1 heterocycles. The molecule has 3 rings (SSSR count). The topological polar surface area (TPSA) is 77.3 Å². The van der Waals surface area contributed by atoms with Gasteiger partial charge in [0, 0.05) is 5.56 Å². The fourth-order valence-electron chi connectivity index (χ4n) is 2.00. The largest absolute Gasteiger partial charge is 0.445 e. The van der Waals surface area contributed by atoms with Crippen molar-refractivity contribution >= 4 is 17.7 Å². The highest BCUT2D eigenvalue weighted by Gasteiger charge is 2.12. The van der Waals surface area contributed by atoms with Crippen LogP contribution in [0.4, 0.5) is 4.79 Å². The average molecular weight is 344 g/mol. The fraction of sp³-hybridized carbons (Fsp3) is 0.118. The maximum Gasteiger partial charge on any atom is 0.407 e. The second kappa shape index (κ2) is 7.61. The van der Waals surface area contributed by atoms with E-state index in [0.717, 1.165) is 5.56 Å². The Morgan fingerprint density at radius 2 is 1.88 bits per heavy atom. The first-order valence-electron chi connectivity index (χ1n) is 7.24. The van der Waals surface area contributed by atoms with E-state index in [0.29, 0.717) is 16.4 Å². The molecule has 0 spiro atoms. The lowest BCUT2D eigenvalue weighted by Crippen LogP contribution is -2.23. The van der Waals surface area contributed by atoms with Crippen LogP contribution in [0, 0.1) is 0 Å². The van der Waals surface area contributed by atoms with Crippen LogP contribution in [0.3, 0.4) is 0 Å². The van der Waals surface area contributed by atoms with Gasteiger partial charge in [0.15, 0.2) is 0 Å². The van der Waals surface area contributed by atoms with Crippen molar-refractivity contribution in [1.29, 1.82) is 0 Å². The van der Waals surface area contributed by atoms with Crippen LogP contribution < -0.4 is 5.32 Å². The van der Waals surface area contributed by atoms with Gasteiger partial charge < -0.3 is 14.6 Å². The van der Waals surface area contributed by atoms with Crippen molar-refractivity contribution in [2.24, 2.45) is 0 Å². The molecule has 1 N–H and O–H groups in total. The third-order valence-electron chi connectivity index (χ3n) is 3.18. The lowest BCUT2D eigenvalue weighted by Gasteiger charge is -2.05. The van der Waals surface area contributed by atoms with Crippen LogP contribution in [0.1, 0.15) is 11.5 Å². The van der Waals surface area contributed by atoms with E-state index in [-0.39, 0.29) is 19.0 Å². The number of benzene rings is 2. The summed E-state index contributed by atoms with van der Waals surface area (Å²) < 4.78 is 10.2. The lowest BCUT2D eigenvalue weighted by atomic mass is 10.2. The monoisotopic (exact) mass is 343 g/mol. The lowest BCUT2D eigenvalue weighted by molar-refractivity contribution is 0.138. The first-order chi connectivity index (χ1) is 11.7. The molecule has 6 nitrogen and oxygen atoms in total. The highest BCUT2D eigenvalue weighted by atomic mass is 35.5. The molecular weight excluding hydrogens is 330 g/mol. The molecule has 0 bridgehead atoms. The zero-order valence-electron chi connectivity index (χ0n) is 12.6. The van der Waals surface area contributed by atoms with Crippen molar-refractivity contribution in [2.75, 3.05) is 0 Å². The molecule has 0 atom stereocenters. The molecule has 7 heteroatoms. The Morgan fingerprint density at radius 1 is 1.12 bits per heavy atom. The van der Waals surface area contributed by atoms with Gasteiger partial charge in [-0.05, 0) is 17.7 Å². The quantitative estimate of drug-likeness (QED) is 0.762. The molecular formula is C17H14ClN3O3. The van der Waals surface area contributed by atoms with Crippen molar-refractivity contribution in [3.8, 4) is 11.4 Å². The molecule has 0 saturated carbocycles. The smallest absolute Gasteiger partial charge is 0.407 e. The second-order valence-electron chi connectivity index (χ2n) is 4.91. The van der Waals surface area contributed by atoms with Crippen molar-refractivity contribution < 1.29 is 14.1 Å². The third-order valence-corrected chi connectivity index (χ3v) is 3.51. The Morgan fingerprint density at radius 3 is 2.67 bits per heavy atom. The van der Waals surface area contributed by atoms with E-state index >= 15 is 0 Å². The van der Waals surface area contributed by atoms with E-state index in [1.165, 1.54) is 0 Å². The Kier molecular flexibility index (Phi) is 5.08. The number of ether oxygens (including phenoxy) is 1. The predicted octanol–water partition coefficient (Wildman–Crippen LogP) is 3.82. The number of carbonyl (C=O) groups excluding carboxylic acids is 1. The summed E-state index contributed by atoms with van der Waals surface area (Å²) >= 11 is 6.08. The summed E-state index contributed by atoms with van der Waals surface area (Å²) in [4.78, 5) is 15.9.